The highest BCUT2D eigenvalue weighted by atomic mass is 19.1. The Morgan fingerprint density at radius 2 is 2.12 bits per heavy atom. The molecule has 0 spiro atoms. The standard InChI is InChI=1S/C20H18FN3O2/c1-26-15-7-4-13(16(21)11-15)5-8-17-20-14(12-22-17)6-9-18(23-20)24-10-2-3-19(24)25/h4-9,11H,2-3,10,12H2,1H3/b8-5+. The third-order valence-electron chi connectivity index (χ3n) is 4.60. The molecule has 0 bridgehead atoms. The molecular formula is C20H18FN3O2. The van der Waals surface area contributed by atoms with E-state index in [1.807, 2.05) is 12.1 Å². The van der Waals surface area contributed by atoms with Gasteiger partial charge in [-0.2, -0.15) is 0 Å². The molecular weight excluding hydrogens is 333 g/mol. The van der Waals surface area contributed by atoms with E-state index in [2.05, 4.69) is 9.98 Å². The van der Waals surface area contributed by atoms with Gasteiger partial charge in [0.15, 0.2) is 0 Å². The van der Waals surface area contributed by atoms with Crippen LogP contribution in [0.15, 0.2) is 41.4 Å². The number of hydrogen-bond acceptors (Lipinski definition) is 4. The van der Waals surface area contributed by atoms with Crippen LogP contribution in [0.5, 0.6) is 5.75 Å². The number of halogens is 1. The molecule has 1 fully saturated rings. The molecule has 26 heavy (non-hydrogen) atoms. The number of amides is 1. The molecule has 0 atom stereocenters. The van der Waals surface area contributed by atoms with E-state index >= 15 is 0 Å². The summed E-state index contributed by atoms with van der Waals surface area (Å²) in [6, 6.07) is 8.55. The molecule has 4 rings (SSSR count). The second-order valence-corrected chi connectivity index (χ2v) is 6.25. The van der Waals surface area contributed by atoms with Gasteiger partial charge < -0.3 is 4.74 Å². The van der Waals surface area contributed by atoms with Crippen molar-refractivity contribution in [2.45, 2.75) is 19.4 Å². The van der Waals surface area contributed by atoms with Gasteiger partial charge in [0.1, 0.15) is 17.4 Å². The molecule has 1 amide bonds. The number of rotatable bonds is 4. The Bertz CT molecular complexity index is 937. The predicted octanol–water partition coefficient (Wildman–Crippen LogP) is 3.37. The van der Waals surface area contributed by atoms with E-state index < -0.39 is 0 Å². The number of carbonyl (C=O) groups is 1. The Hall–Kier alpha value is -3.02. The normalized spacial score (nSPS) is 16.3. The number of methoxy groups -OCH3 is 1. The minimum absolute atomic E-state index is 0.102. The number of pyridine rings is 1. The lowest BCUT2D eigenvalue weighted by Gasteiger charge is -2.15. The fourth-order valence-corrected chi connectivity index (χ4v) is 3.18. The van der Waals surface area contributed by atoms with Crippen LogP contribution in [0.3, 0.4) is 0 Å². The minimum atomic E-state index is -0.358. The van der Waals surface area contributed by atoms with Crippen molar-refractivity contribution in [3.63, 3.8) is 0 Å². The Balaban J connectivity index is 1.60. The number of carbonyl (C=O) groups excluding carboxylic acids is 1. The summed E-state index contributed by atoms with van der Waals surface area (Å²) in [5.41, 5.74) is 2.92. The van der Waals surface area contributed by atoms with Crippen molar-refractivity contribution in [2.24, 2.45) is 4.99 Å². The first kappa shape index (κ1) is 16.4. The number of ether oxygens (including phenoxy) is 1. The summed E-state index contributed by atoms with van der Waals surface area (Å²) in [7, 11) is 1.50. The van der Waals surface area contributed by atoms with Crippen LogP contribution in [0.4, 0.5) is 10.2 Å². The number of anilines is 1. The van der Waals surface area contributed by atoms with Crippen LogP contribution in [0.1, 0.15) is 29.7 Å². The topological polar surface area (TPSA) is 54.8 Å². The first-order chi connectivity index (χ1) is 12.7. The fourth-order valence-electron chi connectivity index (χ4n) is 3.18. The summed E-state index contributed by atoms with van der Waals surface area (Å²) in [5.74, 6) is 0.878. The van der Waals surface area contributed by atoms with Gasteiger partial charge >= 0.3 is 0 Å². The molecule has 2 aliphatic heterocycles. The van der Waals surface area contributed by atoms with Crippen LogP contribution in [-0.4, -0.2) is 30.3 Å². The summed E-state index contributed by atoms with van der Waals surface area (Å²) in [6.45, 7) is 1.24. The van der Waals surface area contributed by atoms with Gasteiger partial charge in [0.05, 0.1) is 25.1 Å². The van der Waals surface area contributed by atoms with E-state index in [1.165, 1.54) is 13.2 Å². The minimum Gasteiger partial charge on any atom is -0.497 e. The quantitative estimate of drug-likeness (QED) is 0.849. The Kier molecular flexibility index (Phi) is 4.24. The van der Waals surface area contributed by atoms with Gasteiger partial charge in [0.25, 0.3) is 0 Å². The van der Waals surface area contributed by atoms with Gasteiger partial charge in [0, 0.05) is 30.2 Å². The van der Waals surface area contributed by atoms with Gasteiger partial charge in [-0.15, -0.1) is 0 Å². The van der Waals surface area contributed by atoms with Crippen LogP contribution < -0.4 is 9.64 Å². The average molecular weight is 351 g/mol. The van der Waals surface area contributed by atoms with Gasteiger partial charge in [-0.3, -0.25) is 14.7 Å². The van der Waals surface area contributed by atoms with E-state index in [0.717, 1.165) is 17.7 Å². The van der Waals surface area contributed by atoms with E-state index in [4.69, 9.17) is 4.74 Å². The number of aromatic nitrogens is 1. The smallest absolute Gasteiger partial charge is 0.228 e. The highest BCUT2D eigenvalue weighted by Gasteiger charge is 2.25. The monoisotopic (exact) mass is 351 g/mol. The maximum atomic E-state index is 14.1. The summed E-state index contributed by atoms with van der Waals surface area (Å²) in [4.78, 5) is 22.8. The van der Waals surface area contributed by atoms with Crippen molar-refractivity contribution >= 4 is 23.5 Å². The molecule has 0 aliphatic carbocycles. The van der Waals surface area contributed by atoms with Gasteiger partial charge in [0.2, 0.25) is 5.91 Å². The molecule has 0 saturated carbocycles. The lowest BCUT2D eigenvalue weighted by molar-refractivity contribution is -0.117. The SMILES string of the molecule is COc1ccc(/C=C/C2=NCc3ccc(N4CCCC4=O)nc32)c(F)c1. The molecule has 132 valence electrons. The van der Waals surface area contributed by atoms with E-state index in [1.54, 1.807) is 29.2 Å². The maximum Gasteiger partial charge on any atom is 0.228 e. The second kappa shape index (κ2) is 6.71. The highest BCUT2D eigenvalue weighted by molar-refractivity contribution is 6.12. The summed E-state index contributed by atoms with van der Waals surface area (Å²) < 4.78 is 19.1. The first-order valence-corrected chi connectivity index (χ1v) is 8.52. The van der Waals surface area contributed by atoms with Crippen LogP contribution in [0.2, 0.25) is 0 Å². The number of aliphatic imine (C=N–C) groups is 1. The predicted molar refractivity (Wildman–Crippen MR) is 98.1 cm³/mol. The zero-order valence-corrected chi connectivity index (χ0v) is 14.4. The zero-order chi connectivity index (χ0) is 18.1. The molecule has 3 heterocycles. The number of nitrogens with zero attached hydrogens (tertiary/aromatic N) is 3. The molecule has 0 radical (unpaired) electrons. The van der Waals surface area contributed by atoms with Crippen molar-refractivity contribution in [2.75, 3.05) is 18.6 Å². The molecule has 2 aromatic rings. The largest absolute Gasteiger partial charge is 0.497 e. The van der Waals surface area contributed by atoms with E-state index in [-0.39, 0.29) is 11.7 Å². The lowest BCUT2D eigenvalue weighted by atomic mass is 10.1. The number of hydrogen-bond donors (Lipinski definition) is 0. The molecule has 0 N–H and O–H groups in total. The molecule has 5 nitrogen and oxygen atoms in total. The van der Waals surface area contributed by atoms with Crippen molar-refractivity contribution in [1.82, 2.24) is 4.98 Å². The zero-order valence-electron chi connectivity index (χ0n) is 14.4. The van der Waals surface area contributed by atoms with Crippen molar-refractivity contribution < 1.29 is 13.9 Å². The van der Waals surface area contributed by atoms with Crippen molar-refractivity contribution in [1.29, 1.82) is 0 Å². The van der Waals surface area contributed by atoms with Crippen LogP contribution in [0.25, 0.3) is 6.08 Å². The van der Waals surface area contributed by atoms with Crippen LogP contribution in [0, 0.1) is 5.82 Å². The number of fused-ring (bicyclic) bond motifs is 1. The summed E-state index contributed by atoms with van der Waals surface area (Å²) in [6.07, 6.45) is 4.86. The molecule has 1 aromatic carbocycles. The Morgan fingerprint density at radius 1 is 1.23 bits per heavy atom. The van der Waals surface area contributed by atoms with Gasteiger partial charge in [-0.05, 0) is 36.8 Å². The lowest BCUT2D eigenvalue weighted by Crippen LogP contribution is -2.25. The maximum absolute atomic E-state index is 14.1. The van der Waals surface area contributed by atoms with Crippen LogP contribution in [-0.2, 0) is 11.3 Å². The molecule has 6 heteroatoms. The Labute approximate surface area is 150 Å². The highest BCUT2D eigenvalue weighted by Crippen LogP contribution is 2.25. The third-order valence-corrected chi connectivity index (χ3v) is 4.60. The first-order valence-electron chi connectivity index (χ1n) is 8.52. The summed E-state index contributed by atoms with van der Waals surface area (Å²) >= 11 is 0. The van der Waals surface area contributed by atoms with E-state index in [0.29, 0.717) is 42.4 Å². The number of allylic oxidation sites excluding steroid dienone is 1. The third kappa shape index (κ3) is 2.98. The molecule has 1 saturated heterocycles. The van der Waals surface area contributed by atoms with Crippen LogP contribution >= 0.6 is 0 Å². The number of benzene rings is 1. The van der Waals surface area contributed by atoms with Gasteiger partial charge in [-0.1, -0.05) is 6.07 Å². The Morgan fingerprint density at radius 3 is 2.85 bits per heavy atom. The summed E-state index contributed by atoms with van der Waals surface area (Å²) in [5, 5.41) is 0. The fraction of sp³-hybridized carbons (Fsp3) is 0.250. The van der Waals surface area contributed by atoms with Crippen molar-refractivity contribution in [3.8, 4) is 5.75 Å². The molecule has 2 aliphatic rings. The van der Waals surface area contributed by atoms with Gasteiger partial charge in [-0.25, -0.2) is 9.37 Å². The second-order valence-electron chi connectivity index (χ2n) is 6.25. The average Bonchev–Trinajstić information content (AvgIpc) is 3.26. The van der Waals surface area contributed by atoms with Crippen molar-refractivity contribution in [3.05, 3.63) is 59.0 Å². The molecule has 1 aromatic heterocycles. The van der Waals surface area contributed by atoms with E-state index in [9.17, 15) is 9.18 Å². The molecule has 0 unspecified atom stereocenters.